The zero-order valence-corrected chi connectivity index (χ0v) is 14.7. The number of carbonyl (C=O) groups excluding carboxylic acids is 1. The van der Waals surface area contributed by atoms with Crippen molar-refractivity contribution >= 4 is 17.4 Å². The summed E-state index contributed by atoms with van der Waals surface area (Å²) in [4.78, 5) is 11.4. The van der Waals surface area contributed by atoms with E-state index in [1.165, 1.54) is 0 Å². The molecule has 0 aliphatic rings. The molecule has 25 heavy (non-hydrogen) atoms. The Bertz CT molecular complexity index is 608. The summed E-state index contributed by atoms with van der Waals surface area (Å²) in [6, 6.07) is 8.71. The molecule has 1 aromatic carbocycles. The number of nitriles is 1. The highest BCUT2D eigenvalue weighted by atomic mass is 16.5. The van der Waals surface area contributed by atoms with Crippen molar-refractivity contribution in [1.82, 2.24) is 5.32 Å². The lowest BCUT2D eigenvalue weighted by atomic mass is 10.3. The van der Waals surface area contributed by atoms with Crippen LogP contribution in [-0.2, 0) is 9.53 Å². The molecule has 0 spiro atoms. The predicted octanol–water partition coefficient (Wildman–Crippen LogP) is 1.28. The standard InChI is InChI=1S/C17H24N4O4/c1-4-24-17(23)16(9-18)21-20-13-5-7-15(8-6-13)25-11-14(22)10-19-12(2)3/h5-8,12,14,19-20,22H,4,10-11H2,1-3H3. The second-order valence-corrected chi connectivity index (χ2v) is 5.46. The Morgan fingerprint density at radius 3 is 2.60 bits per heavy atom. The molecule has 136 valence electrons. The van der Waals surface area contributed by atoms with Crippen LogP contribution in [-0.4, -0.2) is 48.7 Å². The van der Waals surface area contributed by atoms with Crippen LogP contribution in [0.3, 0.4) is 0 Å². The lowest BCUT2D eigenvalue weighted by Gasteiger charge is -2.15. The quantitative estimate of drug-likeness (QED) is 0.331. The molecule has 0 heterocycles. The van der Waals surface area contributed by atoms with E-state index >= 15 is 0 Å². The highest BCUT2D eigenvalue weighted by Gasteiger charge is 2.11. The fourth-order valence-electron chi connectivity index (χ4n) is 1.68. The van der Waals surface area contributed by atoms with E-state index < -0.39 is 12.1 Å². The maximum absolute atomic E-state index is 11.4. The summed E-state index contributed by atoms with van der Waals surface area (Å²) in [6.45, 7) is 6.45. The van der Waals surface area contributed by atoms with Crippen molar-refractivity contribution in [3.8, 4) is 11.8 Å². The summed E-state index contributed by atoms with van der Waals surface area (Å²) in [7, 11) is 0. The number of nitrogens with one attached hydrogen (secondary N) is 2. The predicted molar refractivity (Wildman–Crippen MR) is 94.4 cm³/mol. The van der Waals surface area contributed by atoms with Crippen LogP contribution in [0.25, 0.3) is 0 Å². The molecular formula is C17H24N4O4. The molecule has 1 aromatic rings. The van der Waals surface area contributed by atoms with Gasteiger partial charge in [0.2, 0.25) is 5.71 Å². The second-order valence-electron chi connectivity index (χ2n) is 5.46. The second kappa shape index (κ2) is 11.0. The molecule has 8 heteroatoms. The fourth-order valence-corrected chi connectivity index (χ4v) is 1.68. The number of hydrogen-bond donors (Lipinski definition) is 3. The molecule has 0 radical (unpaired) electrons. The first-order valence-corrected chi connectivity index (χ1v) is 8.01. The molecule has 1 rings (SSSR count). The topological polar surface area (TPSA) is 116 Å². The van der Waals surface area contributed by atoms with E-state index in [4.69, 9.17) is 14.7 Å². The zero-order valence-electron chi connectivity index (χ0n) is 14.7. The maximum Gasteiger partial charge on any atom is 0.369 e. The minimum absolute atomic E-state index is 0.171. The molecular weight excluding hydrogens is 324 g/mol. The molecule has 0 fully saturated rings. The van der Waals surface area contributed by atoms with Gasteiger partial charge in [0.25, 0.3) is 0 Å². The van der Waals surface area contributed by atoms with Gasteiger partial charge in [0.05, 0.1) is 12.3 Å². The lowest BCUT2D eigenvalue weighted by molar-refractivity contribution is -0.134. The first-order valence-electron chi connectivity index (χ1n) is 8.01. The van der Waals surface area contributed by atoms with Crippen LogP contribution in [0.5, 0.6) is 5.75 Å². The Hall–Kier alpha value is -2.63. The number of hydrazone groups is 1. The summed E-state index contributed by atoms with van der Waals surface area (Å²) in [5, 5.41) is 25.5. The first-order chi connectivity index (χ1) is 12.0. The van der Waals surface area contributed by atoms with Crippen molar-refractivity contribution in [2.24, 2.45) is 5.10 Å². The van der Waals surface area contributed by atoms with Crippen LogP contribution in [0.15, 0.2) is 29.4 Å². The fraction of sp³-hybridized carbons (Fsp3) is 0.471. The number of ether oxygens (including phenoxy) is 2. The van der Waals surface area contributed by atoms with Gasteiger partial charge in [0.15, 0.2) is 0 Å². The van der Waals surface area contributed by atoms with E-state index in [0.717, 1.165) is 0 Å². The van der Waals surface area contributed by atoms with Gasteiger partial charge in [-0.1, -0.05) is 13.8 Å². The van der Waals surface area contributed by atoms with Gasteiger partial charge in [-0.3, -0.25) is 5.43 Å². The summed E-state index contributed by atoms with van der Waals surface area (Å²) in [5.41, 5.74) is 2.83. The molecule has 0 bridgehead atoms. The number of nitrogens with zero attached hydrogens (tertiary/aromatic N) is 2. The number of esters is 1. The van der Waals surface area contributed by atoms with Crippen molar-refractivity contribution < 1.29 is 19.4 Å². The third-order valence-electron chi connectivity index (χ3n) is 2.93. The monoisotopic (exact) mass is 348 g/mol. The molecule has 0 amide bonds. The Morgan fingerprint density at radius 1 is 1.36 bits per heavy atom. The Balaban J connectivity index is 2.50. The van der Waals surface area contributed by atoms with Crippen LogP contribution in [0.1, 0.15) is 20.8 Å². The molecule has 8 nitrogen and oxygen atoms in total. The molecule has 0 saturated carbocycles. The van der Waals surface area contributed by atoms with Gasteiger partial charge >= 0.3 is 5.97 Å². The van der Waals surface area contributed by atoms with Crippen molar-refractivity contribution in [2.45, 2.75) is 32.9 Å². The number of anilines is 1. The van der Waals surface area contributed by atoms with E-state index in [0.29, 0.717) is 24.0 Å². The largest absolute Gasteiger partial charge is 0.491 e. The van der Waals surface area contributed by atoms with Gasteiger partial charge in [-0.05, 0) is 31.2 Å². The molecule has 1 unspecified atom stereocenters. The highest BCUT2D eigenvalue weighted by Crippen LogP contribution is 2.16. The third-order valence-corrected chi connectivity index (χ3v) is 2.93. The molecule has 0 saturated heterocycles. The molecule has 3 N–H and O–H groups in total. The third kappa shape index (κ3) is 8.15. The van der Waals surface area contributed by atoms with E-state index in [-0.39, 0.29) is 18.9 Å². The number of aliphatic hydroxyl groups is 1. The average Bonchev–Trinajstić information content (AvgIpc) is 2.60. The molecule has 0 aliphatic carbocycles. The van der Waals surface area contributed by atoms with E-state index in [1.807, 2.05) is 13.8 Å². The molecule has 1 atom stereocenters. The first kappa shape index (κ1) is 20.4. The van der Waals surface area contributed by atoms with Crippen LogP contribution >= 0.6 is 0 Å². The molecule has 0 aromatic heterocycles. The van der Waals surface area contributed by atoms with Crippen molar-refractivity contribution in [2.75, 3.05) is 25.2 Å². The van der Waals surface area contributed by atoms with Gasteiger partial charge in [-0.2, -0.15) is 10.4 Å². The van der Waals surface area contributed by atoms with E-state index in [2.05, 4.69) is 15.8 Å². The van der Waals surface area contributed by atoms with Crippen LogP contribution in [0.2, 0.25) is 0 Å². The smallest absolute Gasteiger partial charge is 0.369 e. The normalized spacial score (nSPS) is 12.4. The summed E-state index contributed by atoms with van der Waals surface area (Å²) in [6.07, 6.45) is -0.604. The Labute approximate surface area is 147 Å². The maximum atomic E-state index is 11.4. The van der Waals surface area contributed by atoms with Gasteiger partial charge in [-0.15, -0.1) is 0 Å². The van der Waals surface area contributed by atoms with Crippen LogP contribution in [0.4, 0.5) is 5.69 Å². The van der Waals surface area contributed by atoms with E-state index in [9.17, 15) is 9.90 Å². The van der Waals surface area contributed by atoms with Crippen molar-refractivity contribution in [3.05, 3.63) is 24.3 Å². The van der Waals surface area contributed by atoms with E-state index in [1.54, 1.807) is 37.3 Å². The van der Waals surface area contributed by atoms with Gasteiger partial charge in [-0.25, -0.2) is 4.79 Å². The number of rotatable bonds is 10. The zero-order chi connectivity index (χ0) is 18.7. The minimum atomic E-state index is -0.776. The SMILES string of the molecule is CCOC(=O)C(C#N)=NNc1ccc(OCC(O)CNC(C)C)cc1. The van der Waals surface area contributed by atoms with Crippen molar-refractivity contribution in [1.29, 1.82) is 5.26 Å². The van der Waals surface area contributed by atoms with Gasteiger partial charge in [0.1, 0.15) is 24.5 Å². The van der Waals surface area contributed by atoms with Gasteiger partial charge < -0.3 is 19.9 Å². The lowest BCUT2D eigenvalue weighted by Crippen LogP contribution is -2.35. The summed E-state index contributed by atoms with van der Waals surface area (Å²) in [5.74, 6) is -0.189. The summed E-state index contributed by atoms with van der Waals surface area (Å²) >= 11 is 0. The number of hydrogen-bond acceptors (Lipinski definition) is 8. The Morgan fingerprint density at radius 2 is 2.04 bits per heavy atom. The number of benzene rings is 1. The minimum Gasteiger partial charge on any atom is -0.491 e. The Kier molecular flexibility index (Phi) is 9.00. The number of carbonyl (C=O) groups is 1. The van der Waals surface area contributed by atoms with Gasteiger partial charge in [0, 0.05) is 12.6 Å². The highest BCUT2D eigenvalue weighted by molar-refractivity contribution is 6.43. The average molecular weight is 348 g/mol. The molecule has 0 aliphatic heterocycles. The van der Waals surface area contributed by atoms with Crippen molar-refractivity contribution in [3.63, 3.8) is 0 Å². The van der Waals surface area contributed by atoms with Crippen LogP contribution in [0, 0.1) is 11.3 Å². The van der Waals surface area contributed by atoms with Crippen LogP contribution < -0.4 is 15.5 Å². The summed E-state index contributed by atoms with van der Waals surface area (Å²) < 4.78 is 10.2. The number of aliphatic hydroxyl groups excluding tert-OH is 1.